The Bertz CT molecular complexity index is 805. The highest BCUT2D eigenvalue weighted by Gasteiger charge is 2.32. The molecule has 2 aromatic rings. The standard InChI is InChI=1S/C16H13F3O3S/c1-11-3-9-15(10-4-11)23(20,21)22-14-7-5-13(6-8-14)12(2)16(17,18)19/h3-10H,2H2,1H3. The van der Waals surface area contributed by atoms with E-state index in [1.54, 1.807) is 12.1 Å². The van der Waals surface area contributed by atoms with E-state index in [-0.39, 0.29) is 16.2 Å². The molecule has 0 aliphatic rings. The van der Waals surface area contributed by atoms with Crippen LogP contribution in [0.4, 0.5) is 13.2 Å². The Hall–Kier alpha value is -2.28. The summed E-state index contributed by atoms with van der Waals surface area (Å²) in [6, 6.07) is 10.5. The highest BCUT2D eigenvalue weighted by Crippen LogP contribution is 2.33. The van der Waals surface area contributed by atoms with E-state index in [1.165, 1.54) is 12.1 Å². The molecule has 0 saturated heterocycles. The molecule has 23 heavy (non-hydrogen) atoms. The third kappa shape index (κ3) is 4.13. The topological polar surface area (TPSA) is 43.4 Å². The van der Waals surface area contributed by atoms with Crippen LogP contribution in [0.15, 0.2) is 60.0 Å². The van der Waals surface area contributed by atoms with Crippen LogP contribution in [-0.4, -0.2) is 14.6 Å². The Kier molecular flexibility index (Phi) is 4.51. The smallest absolute Gasteiger partial charge is 0.379 e. The largest absolute Gasteiger partial charge is 0.416 e. The molecule has 0 aliphatic carbocycles. The first-order valence-corrected chi connectivity index (χ1v) is 7.88. The molecule has 2 rings (SSSR count). The maximum absolute atomic E-state index is 12.5. The maximum Gasteiger partial charge on any atom is 0.416 e. The fourth-order valence-electron chi connectivity index (χ4n) is 1.76. The third-order valence-corrected chi connectivity index (χ3v) is 4.32. The predicted molar refractivity (Wildman–Crippen MR) is 80.5 cm³/mol. The normalized spacial score (nSPS) is 12.0. The van der Waals surface area contributed by atoms with Gasteiger partial charge in [-0.2, -0.15) is 21.6 Å². The van der Waals surface area contributed by atoms with E-state index >= 15 is 0 Å². The van der Waals surface area contributed by atoms with E-state index in [9.17, 15) is 21.6 Å². The van der Waals surface area contributed by atoms with E-state index in [4.69, 9.17) is 4.18 Å². The minimum Gasteiger partial charge on any atom is -0.379 e. The van der Waals surface area contributed by atoms with Crippen LogP contribution in [0.5, 0.6) is 5.75 Å². The third-order valence-electron chi connectivity index (χ3n) is 3.06. The van der Waals surface area contributed by atoms with Gasteiger partial charge in [-0.05, 0) is 36.8 Å². The molecule has 0 aliphatic heterocycles. The van der Waals surface area contributed by atoms with Crippen molar-refractivity contribution in [2.24, 2.45) is 0 Å². The van der Waals surface area contributed by atoms with Crippen LogP contribution in [0.25, 0.3) is 5.57 Å². The zero-order chi connectivity index (χ0) is 17.3. The van der Waals surface area contributed by atoms with Crippen LogP contribution >= 0.6 is 0 Å². The molecule has 0 amide bonds. The summed E-state index contributed by atoms with van der Waals surface area (Å²) in [5.74, 6) is -0.0794. The molecule has 0 saturated carbocycles. The van der Waals surface area contributed by atoms with Crippen molar-refractivity contribution >= 4 is 15.7 Å². The lowest BCUT2D eigenvalue weighted by atomic mass is 10.1. The van der Waals surface area contributed by atoms with Crippen LogP contribution in [0.1, 0.15) is 11.1 Å². The molecule has 122 valence electrons. The maximum atomic E-state index is 12.5. The Morgan fingerprint density at radius 1 is 1.00 bits per heavy atom. The SMILES string of the molecule is C=C(c1ccc(OS(=O)(=O)c2ccc(C)cc2)cc1)C(F)(F)F. The average molecular weight is 342 g/mol. The number of benzene rings is 2. The molecule has 0 fully saturated rings. The van der Waals surface area contributed by atoms with Crippen LogP contribution in [0.3, 0.4) is 0 Å². The van der Waals surface area contributed by atoms with Gasteiger partial charge in [0, 0.05) is 0 Å². The van der Waals surface area contributed by atoms with Crippen molar-refractivity contribution in [2.45, 2.75) is 18.0 Å². The second kappa shape index (κ2) is 6.08. The van der Waals surface area contributed by atoms with Crippen LogP contribution in [0, 0.1) is 6.92 Å². The molecule has 0 bridgehead atoms. The van der Waals surface area contributed by atoms with Gasteiger partial charge in [0.25, 0.3) is 0 Å². The molecule has 0 unspecified atom stereocenters. The second-order valence-electron chi connectivity index (χ2n) is 4.85. The molecule has 7 heteroatoms. The Morgan fingerprint density at radius 3 is 2.00 bits per heavy atom. The van der Waals surface area contributed by atoms with Gasteiger partial charge in [0.15, 0.2) is 0 Å². The monoisotopic (exact) mass is 342 g/mol. The van der Waals surface area contributed by atoms with Gasteiger partial charge in [0.05, 0.1) is 5.57 Å². The van der Waals surface area contributed by atoms with Gasteiger partial charge in [-0.25, -0.2) is 0 Å². The van der Waals surface area contributed by atoms with Gasteiger partial charge in [0.2, 0.25) is 0 Å². The minimum absolute atomic E-state index is 0.0353. The average Bonchev–Trinajstić information content (AvgIpc) is 2.46. The van der Waals surface area contributed by atoms with Gasteiger partial charge in [-0.15, -0.1) is 0 Å². The molecule has 0 radical (unpaired) electrons. The van der Waals surface area contributed by atoms with Crippen molar-refractivity contribution in [3.63, 3.8) is 0 Å². The first-order chi connectivity index (χ1) is 10.6. The molecule has 2 aromatic carbocycles. The molecule has 0 spiro atoms. The highest BCUT2D eigenvalue weighted by molar-refractivity contribution is 7.87. The number of allylic oxidation sites excluding steroid dienone is 1. The highest BCUT2D eigenvalue weighted by atomic mass is 32.2. The van der Waals surface area contributed by atoms with Gasteiger partial charge in [0.1, 0.15) is 10.6 Å². The Balaban J connectivity index is 2.21. The second-order valence-corrected chi connectivity index (χ2v) is 6.40. The van der Waals surface area contributed by atoms with Crippen molar-refractivity contribution < 1.29 is 25.8 Å². The summed E-state index contributed by atoms with van der Waals surface area (Å²) in [7, 11) is -4.04. The first kappa shape index (κ1) is 17.1. The lowest BCUT2D eigenvalue weighted by Gasteiger charge is -2.11. The summed E-state index contributed by atoms with van der Waals surface area (Å²) in [5, 5.41) is 0. The lowest BCUT2D eigenvalue weighted by molar-refractivity contribution is -0.0686. The quantitative estimate of drug-likeness (QED) is 0.777. The molecule has 3 nitrogen and oxygen atoms in total. The zero-order valence-corrected chi connectivity index (χ0v) is 12.9. The number of aryl methyl sites for hydroxylation is 1. The van der Waals surface area contributed by atoms with E-state index in [1.807, 2.05) is 6.92 Å². The van der Waals surface area contributed by atoms with Crippen LogP contribution < -0.4 is 4.18 Å². The number of alkyl halides is 3. The number of hydrogen-bond donors (Lipinski definition) is 0. The number of hydrogen-bond acceptors (Lipinski definition) is 3. The van der Waals surface area contributed by atoms with Crippen molar-refractivity contribution in [3.8, 4) is 5.75 Å². The fraction of sp³-hybridized carbons (Fsp3) is 0.125. The molecular weight excluding hydrogens is 329 g/mol. The van der Waals surface area contributed by atoms with Gasteiger partial charge in [-0.1, -0.05) is 36.4 Å². The Labute approximate surface area is 132 Å². The molecule has 0 heterocycles. The number of halogens is 3. The molecule has 0 N–H and O–H groups in total. The van der Waals surface area contributed by atoms with Crippen LogP contribution in [0.2, 0.25) is 0 Å². The molecular formula is C16H13F3O3S. The van der Waals surface area contributed by atoms with E-state index in [0.717, 1.165) is 29.8 Å². The van der Waals surface area contributed by atoms with Crippen molar-refractivity contribution in [3.05, 3.63) is 66.2 Å². The van der Waals surface area contributed by atoms with Gasteiger partial charge < -0.3 is 4.18 Å². The van der Waals surface area contributed by atoms with Crippen molar-refractivity contribution in [2.75, 3.05) is 0 Å². The van der Waals surface area contributed by atoms with Gasteiger partial charge >= 0.3 is 16.3 Å². The summed E-state index contributed by atoms with van der Waals surface area (Å²) in [4.78, 5) is -0.0353. The molecule has 0 atom stereocenters. The fourth-order valence-corrected chi connectivity index (χ4v) is 2.69. The summed E-state index contributed by atoms with van der Waals surface area (Å²) in [6.07, 6.45) is -4.55. The van der Waals surface area contributed by atoms with Gasteiger partial charge in [-0.3, -0.25) is 0 Å². The summed E-state index contributed by atoms with van der Waals surface area (Å²) < 4.78 is 66.7. The predicted octanol–water partition coefficient (Wildman–Crippen LogP) is 4.34. The summed E-state index contributed by atoms with van der Waals surface area (Å²) >= 11 is 0. The summed E-state index contributed by atoms with van der Waals surface area (Å²) in [5.41, 5.74) is -0.276. The number of rotatable bonds is 4. The first-order valence-electron chi connectivity index (χ1n) is 6.47. The summed E-state index contributed by atoms with van der Waals surface area (Å²) in [6.45, 7) is 4.78. The lowest BCUT2D eigenvalue weighted by Crippen LogP contribution is -2.11. The molecule has 0 aromatic heterocycles. The van der Waals surface area contributed by atoms with Crippen molar-refractivity contribution in [1.29, 1.82) is 0 Å². The Morgan fingerprint density at radius 2 is 1.52 bits per heavy atom. The van der Waals surface area contributed by atoms with Crippen molar-refractivity contribution in [1.82, 2.24) is 0 Å². The van der Waals surface area contributed by atoms with E-state index in [0.29, 0.717) is 0 Å². The van der Waals surface area contributed by atoms with E-state index < -0.39 is 21.9 Å². The van der Waals surface area contributed by atoms with Crippen LogP contribution in [-0.2, 0) is 10.1 Å². The minimum atomic E-state index is -4.55. The van der Waals surface area contributed by atoms with E-state index in [2.05, 4.69) is 6.58 Å². The zero-order valence-electron chi connectivity index (χ0n) is 12.1.